The van der Waals surface area contributed by atoms with Crippen molar-refractivity contribution >= 4 is 31.8 Å². The molecule has 116 valence electrons. The molecule has 0 saturated carbocycles. The van der Waals surface area contributed by atoms with Crippen molar-refractivity contribution in [2.45, 2.75) is 25.6 Å². The monoisotopic (exact) mass is 344 g/mol. The molecule has 0 aromatic rings. The van der Waals surface area contributed by atoms with E-state index in [1.807, 2.05) is 0 Å². The third-order valence-electron chi connectivity index (χ3n) is 1.66. The van der Waals surface area contributed by atoms with Gasteiger partial charge in [0.1, 0.15) is 12.2 Å². The first-order valence-corrected chi connectivity index (χ1v) is 8.36. The van der Waals surface area contributed by atoms with Crippen molar-refractivity contribution in [2.75, 3.05) is 6.61 Å². The normalized spacial score (nSPS) is 16.4. The minimum atomic E-state index is -5.02. The van der Waals surface area contributed by atoms with Gasteiger partial charge in [-0.1, -0.05) is 6.92 Å². The molecule has 0 fully saturated rings. The van der Waals surface area contributed by atoms with Crippen molar-refractivity contribution in [3.8, 4) is 0 Å². The van der Waals surface area contributed by atoms with Crippen LogP contribution in [0.2, 0.25) is 0 Å². The van der Waals surface area contributed by atoms with Crippen LogP contribution in [-0.2, 0) is 44.3 Å². The molecule has 19 heavy (non-hydrogen) atoms. The lowest BCUT2D eigenvalue weighted by molar-refractivity contribution is 0.0224. The average Bonchev–Trinajstić information content (AvgIpc) is 2.17. The summed E-state index contributed by atoms with van der Waals surface area (Å²) in [5, 5.41) is 0. The average molecular weight is 344 g/mol. The van der Waals surface area contributed by atoms with Crippen LogP contribution in [0.25, 0.3) is 0 Å². The highest BCUT2D eigenvalue weighted by molar-refractivity contribution is 7.81. The smallest absolute Gasteiger partial charge is 0.266 e. The van der Waals surface area contributed by atoms with Crippen LogP contribution in [0, 0.1) is 0 Å². The third-order valence-corrected chi connectivity index (χ3v) is 3.03. The number of thiol groups is 1. The van der Waals surface area contributed by atoms with Gasteiger partial charge in [-0.2, -0.15) is 16.8 Å². The molecule has 0 aromatic carbocycles. The Kier molecular flexibility index (Phi) is 7.30. The molecule has 11 nitrogen and oxygen atoms in total. The van der Waals surface area contributed by atoms with E-state index in [2.05, 4.69) is 12.5 Å². The molecule has 2 unspecified atom stereocenters. The van der Waals surface area contributed by atoms with Gasteiger partial charge in [0.2, 0.25) is 0 Å². The Morgan fingerprint density at radius 2 is 1.58 bits per heavy atom. The van der Waals surface area contributed by atoms with E-state index in [1.165, 1.54) is 6.92 Å². The van der Waals surface area contributed by atoms with Crippen molar-refractivity contribution in [1.29, 1.82) is 0 Å². The van der Waals surface area contributed by atoms with E-state index < -0.39 is 50.6 Å². The molecule has 0 radical (unpaired) electrons. The molecule has 0 heterocycles. The predicted molar refractivity (Wildman–Crippen MR) is 59.4 cm³/mol. The first-order valence-electron chi connectivity index (χ1n) is 4.53. The van der Waals surface area contributed by atoms with Gasteiger partial charge in [0, 0.05) is 0 Å². The third kappa shape index (κ3) is 10.1. The largest absolute Gasteiger partial charge is 0.397 e. The Morgan fingerprint density at radius 1 is 1.05 bits per heavy atom. The second kappa shape index (κ2) is 7.44. The first-order chi connectivity index (χ1) is 8.44. The van der Waals surface area contributed by atoms with E-state index in [9.17, 15) is 25.3 Å². The molecule has 0 aliphatic rings. The summed E-state index contributed by atoms with van der Waals surface area (Å²) >= 11 is 0. The molecule has 0 aliphatic heterocycles. The van der Waals surface area contributed by atoms with Crippen LogP contribution in [0.5, 0.6) is 0 Å². The lowest BCUT2D eigenvalue weighted by atomic mass is 10.2. The van der Waals surface area contributed by atoms with Gasteiger partial charge < -0.3 is 0 Å². The molecule has 0 amide bonds. The van der Waals surface area contributed by atoms with Crippen LogP contribution in [0.4, 0.5) is 0 Å². The molecule has 2 atom stereocenters. The Morgan fingerprint density at radius 3 is 1.89 bits per heavy atom. The molecule has 0 aliphatic carbocycles. The first kappa shape index (κ1) is 18.7. The van der Waals surface area contributed by atoms with Gasteiger partial charge >= 0.3 is 20.8 Å². The van der Waals surface area contributed by atoms with Gasteiger partial charge in [0.25, 0.3) is 11.0 Å². The molecular weight excluding hydrogens is 332 g/mol. The fourth-order valence-electron chi connectivity index (χ4n) is 1.02. The Balaban J connectivity index is 5.01. The van der Waals surface area contributed by atoms with Crippen LogP contribution < -0.4 is 0 Å². The zero-order valence-corrected chi connectivity index (χ0v) is 11.9. The summed E-state index contributed by atoms with van der Waals surface area (Å²) < 4.78 is 91.4. The van der Waals surface area contributed by atoms with Crippen molar-refractivity contribution in [2.24, 2.45) is 0 Å². The van der Waals surface area contributed by atoms with Gasteiger partial charge in [0.15, 0.2) is 0 Å². The summed E-state index contributed by atoms with van der Waals surface area (Å²) in [4.78, 5) is 0. The second-order valence-corrected chi connectivity index (χ2v) is 5.85. The van der Waals surface area contributed by atoms with E-state index in [-0.39, 0.29) is 6.42 Å². The number of hydrogen-bond donors (Lipinski definition) is 3. The van der Waals surface area contributed by atoms with Crippen molar-refractivity contribution in [1.82, 2.24) is 0 Å². The van der Waals surface area contributed by atoms with E-state index >= 15 is 0 Å². The molecule has 0 bridgehead atoms. The lowest BCUT2D eigenvalue weighted by Gasteiger charge is -2.21. The van der Waals surface area contributed by atoms with Crippen molar-refractivity contribution < 1.29 is 46.9 Å². The van der Waals surface area contributed by atoms with Crippen LogP contribution in [0.15, 0.2) is 0 Å². The Labute approximate surface area is 111 Å². The number of hydrogen-bond acceptors (Lipinski definition) is 9. The molecule has 2 N–H and O–H groups in total. The van der Waals surface area contributed by atoms with Crippen molar-refractivity contribution in [3.63, 3.8) is 0 Å². The van der Waals surface area contributed by atoms with Crippen LogP contribution in [-0.4, -0.2) is 53.2 Å². The summed E-state index contributed by atoms with van der Waals surface area (Å²) in [5.41, 5.74) is 0. The summed E-state index contributed by atoms with van der Waals surface area (Å²) in [7, 11) is -13.3. The van der Waals surface area contributed by atoms with Gasteiger partial charge in [0.05, 0.1) is 6.61 Å². The zero-order valence-electron chi connectivity index (χ0n) is 9.40. The second-order valence-electron chi connectivity index (χ2n) is 3.05. The molecule has 14 heteroatoms. The molecular formula is C5H12O11S3. The summed E-state index contributed by atoms with van der Waals surface area (Å²) in [6.45, 7) is 0.289. The molecule has 0 spiro atoms. The van der Waals surface area contributed by atoms with Crippen LogP contribution in [0.1, 0.15) is 13.3 Å². The maximum atomic E-state index is 10.5. The maximum Gasteiger partial charge on any atom is 0.397 e. The van der Waals surface area contributed by atoms with E-state index in [1.54, 1.807) is 0 Å². The van der Waals surface area contributed by atoms with Gasteiger partial charge in [-0.3, -0.25) is 13.3 Å². The maximum absolute atomic E-state index is 10.5. The lowest BCUT2D eigenvalue weighted by Crippen LogP contribution is -2.37. The summed E-state index contributed by atoms with van der Waals surface area (Å²) in [6, 6.07) is 0. The van der Waals surface area contributed by atoms with E-state index in [0.29, 0.717) is 0 Å². The summed E-state index contributed by atoms with van der Waals surface area (Å²) in [5.74, 6) is 0. The van der Waals surface area contributed by atoms with E-state index in [0.717, 1.165) is 0 Å². The highest BCUT2D eigenvalue weighted by atomic mass is 32.3. The quantitative estimate of drug-likeness (QED) is 0.322. The SMILES string of the molecule is CCC(O[SH](=O)=O)C(COS(=O)(=O)O)OS(=O)(=O)O. The van der Waals surface area contributed by atoms with Crippen LogP contribution >= 0.6 is 0 Å². The Bertz CT molecular complexity index is 535. The molecule has 0 saturated heterocycles. The topological polar surface area (TPSA) is 171 Å². The minimum absolute atomic E-state index is 0.113. The van der Waals surface area contributed by atoms with Gasteiger partial charge in [-0.05, 0) is 6.42 Å². The van der Waals surface area contributed by atoms with Crippen LogP contribution in [0.3, 0.4) is 0 Å². The van der Waals surface area contributed by atoms with Gasteiger partial charge in [-0.15, -0.1) is 0 Å². The fraction of sp³-hybridized carbons (Fsp3) is 1.00. The number of rotatable bonds is 9. The zero-order chi connectivity index (χ0) is 15.3. The fourth-order valence-corrected chi connectivity index (χ4v) is 2.33. The Hall–Kier alpha value is -0.350. The standard InChI is InChI=1S/C5H12O11S3/c1-2-4(15-17(6)7)5(16-19(11,12)13)3-14-18(8,9)10/h4-5,17H,2-3H2,1H3,(H,8,9,10)(H,11,12,13). The predicted octanol–water partition coefficient (Wildman–Crippen LogP) is -1.68. The van der Waals surface area contributed by atoms with Gasteiger partial charge in [-0.25, -0.2) is 16.8 Å². The summed E-state index contributed by atoms with van der Waals surface area (Å²) in [6.07, 6.45) is -3.35. The molecule has 0 aromatic heterocycles. The minimum Gasteiger partial charge on any atom is -0.266 e. The highest BCUT2D eigenvalue weighted by Crippen LogP contribution is 2.12. The van der Waals surface area contributed by atoms with Crippen molar-refractivity contribution in [3.05, 3.63) is 0 Å². The molecule has 0 rings (SSSR count). The highest BCUT2D eigenvalue weighted by Gasteiger charge is 2.29. The van der Waals surface area contributed by atoms with E-state index in [4.69, 9.17) is 9.11 Å².